The van der Waals surface area contributed by atoms with Crippen molar-refractivity contribution in [1.29, 1.82) is 0 Å². The van der Waals surface area contributed by atoms with Crippen LogP contribution in [0.1, 0.15) is 64.5 Å². The largest absolute Gasteiger partial charge is 0.490 e. The van der Waals surface area contributed by atoms with Gasteiger partial charge in [0.05, 0.1) is 6.10 Å². The lowest BCUT2D eigenvalue weighted by Crippen LogP contribution is -2.26. The van der Waals surface area contributed by atoms with Crippen LogP contribution in [0.25, 0.3) is 0 Å². The summed E-state index contributed by atoms with van der Waals surface area (Å²) in [6.07, 6.45) is 6.43. The lowest BCUT2D eigenvalue weighted by atomic mass is 9.88. The van der Waals surface area contributed by atoms with E-state index in [9.17, 15) is 0 Å². The van der Waals surface area contributed by atoms with Gasteiger partial charge in [-0.15, -0.1) is 0 Å². The normalized spacial score (nSPS) is 23.8. The molecule has 2 nitrogen and oxygen atoms in total. The van der Waals surface area contributed by atoms with Crippen LogP contribution in [0, 0.1) is 5.92 Å². The summed E-state index contributed by atoms with van der Waals surface area (Å²) in [6.45, 7) is 7.69. The van der Waals surface area contributed by atoms with Crippen LogP contribution in [0.3, 0.4) is 0 Å². The van der Waals surface area contributed by atoms with Gasteiger partial charge in [0.1, 0.15) is 5.75 Å². The molecule has 1 saturated carbocycles. The number of hydrogen-bond donors (Lipinski definition) is 1. The fraction of sp³-hybridized carbons (Fsp3) is 0.667. The fourth-order valence-electron chi connectivity index (χ4n) is 3.10. The van der Waals surface area contributed by atoms with Gasteiger partial charge < -0.3 is 10.1 Å². The van der Waals surface area contributed by atoms with Gasteiger partial charge in [-0.1, -0.05) is 31.9 Å². The van der Waals surface area contributed by atoms with E-state index in [4.69, 9.17) is 16.3 Å². The lowest BCUT2D eigenvalue weighted by Gasteiger charge is -2.29. The average molecular weight is 310 g/mol. The van der Waals surface area contributed by atoms with Crippen LogP contribution in [0.4, 0.5) is 0 Å². The molecule has 0 aliphatic heterocycles. The summed E-state index contributed by atoms with van der Waals surface area (Å²) in [5.41, 5.74) is 1.18. The first-order valence-corrected chi connectivity index (χ1v) is 8.67. The summed E-state index contributed by atoms with van der Waals surface area (Å²) in [5.74, 6) is 1.77. The van der Waals surface area contributed by atoms with E-state index in [-0.39, 0.29) is 6.04 Å². The van der Waals surface area contributed by atoms with Crippen LogP contribution < -0.4 is 10.1 Å². The minimum Gasteiger partial charge on any atom is -0.490 e. The Morgan fingerprint density at radius 2 is 2.19 bits per heavy atom. The van der Waals surface area contributed by atoms with E-state index in [1.54, 1.807) is 0 Å². The standard InChI is InChI=1S/C18H28ClNO/c1-4-10-20-14(3)17-12-15(19)8-9-18(17)21-16-7-5-6-13(2)11-16/h8-9,12-14,16,20H,4-7,10-11H2,1-3H3. The smallest absolute Gasteiger partial charge is 0.124 e. The molecule has 0 spiro atoms. The summed E-state index contributed by atoms with van der Waals surface area (Å²) in [4.78, 5) is 0. The molecule has 3 atom stereocenters. The molecule has 1 N–H and O–H groups in total. The first kappa shape index (κ1) is 16.6. The van der Waals surface area contributed by atoms with Gasteiger partial charge in [0.15, 0.2) is 0 Å². The van der Waals surface area contributed by atoms with Crippen LogP contribution >= 0.6 is 11.6 Å². The third kappa shape index (κ3) is 4.89. The van der Waals surface area contributed by atoms with Gasteiger partial charge in [-0.05, 0) is 63.3 Å². The Hall–Kier alpha value is -0.730. The summed E-state index contributed by atoms with van der Waals surface area (Å²) in [6, 6.07) is 6.26. The Morgan fingerprint density at radius 3 is 2.90 bits per heavy atom. The Labute approximate surface area is 134 Å². The van der Waals surface area contributed by atoms with Crippen molar-refractivity contribution in [3.05, 3.63) is 28.8 Å². The van der Waals surface area contributed by atoms with Gasteiger partial charge in [0, 0.05) is 16.6 Å². The van der Waals surface area contributed by atoms with E-state index in [2.05, 4.69) is 26.1 Å². The predicted octanol–water partition coefficient (Wildman–Crippen LogP) is 5.36. The topological polar surface area (TPSA) is 21.3 Å². The number of halogens is 1. The van der Waals surface area contributed by atoms with Crippen molar-refractivity contribution in [2.75, 3.05) is 6.54 Å². The lowest BCUT2D eigenvalue weighted by molar-refractivity contribution is 0.127. The molecule has 3 unspecified atom stereocenters. The fourth-order valence-corrected chi connectivity index (χ4v) is 3.28. The van der Waals surface area contributed by atoms with E-state index >= 15 is 0 Å². The van der Waals surface area contributed by atoms with Crippen LogP contribution in [0.2, 0.25) is 5.02 Å². The van der Waals surface area contributed by atoms with Crippen molar-refractivity contribution >= 4 is 11.6 Å². The monoisotopic (exact) mass is 309 g/mol. The maximum atomic E-state index is 6.31. The van der Waals surface area contributed by atoms with E-state index in [0.717, 1.165) is 29.7 Å². The number of rotatable bonds is 6. The zero-order valence-electron chi connectivity index (χ0n) is 13.5. The Morgan fingerprint density at radius 1 is 1.38 bits per heavy atom. The molecule has 0 radical (unpaired) electrons. The zero-order valence-corrected chi connectivity index (χ0v) is 14.2. The molecule has 1 fully saturated rings. The first-order chi connectivity index (χ1) is 10.1. The predicted molar refractivity (Wildman–Crippen MR) is 90.2 cm³/mol. The van der Waals surface area contributed by atoms with E-state index in [1.165, 1.54) is 31.2 Å². The molecule has 1 aliphatic carbocycles. The van der Waals surface area contributed by atoms with E-state index in [1.807, 2.05) is 18.2 Å². The second kappa shape index (κ2) is 8.05. The highest BCUT2D eigenvalue weighted by molar-refractivity contribution is 6.30. The molecule has 0 saturated heterocycles. The van der Waals surface area contributed by atoms with Gasteiger partial charge >= 0.3 is 0 Å². The number of ether oxygens (including phenoxy) is 1. The summed E-state index contributed by atoms with van der Waals surface area (Å²) >= 11 is 6.18. The van der Waals surface area contributed by atoms with Gasteiger partial charge in [-0.2, -0.15) is 0 Å². The van der Waals surface area contributed by atoms with Gasteiger partial charge in [-0.25, -0.2) is 0 Å². The summed E-state index contributed by atoms with van der Waals surface area (Å²) < 4.78 is 6.31. The highest BCUT2D eigenvalue weighted by atomic mass is 35.5. The number of nitrogens with one attached hydrogen (secondary N) is 1. The van der Waals surface area contributed by atoms with Crippen LogP contribution in [0.5, 0.6) is 5.75 Å². The molecular formula is C18H28ClNO. The third-order valence-electron chi connectivity index (χ3n) is 4.32. The number of benzene rings is 1. The molecule has 1 aromatic rings. The van der Waals surface area contributed by atoms with Gasteiger partial charge in [0.2, 0.25) is 0 Å². The Bertz CT molecular complexity index is 449. The minimum absolute atomic E-state index is 0.264. The SMILES string of the molecule is CCCNC(C)c1cc(Cl)ccc1OC1CCCC(C)C1. The zero-order chi connectivity index (χ0) is 15.2. The molecule has 118 valence electrons. The molecule has 0 aromatic heterocycles. The Balaban J connectivity index is 2.10. The van der Waals surface area contributed by atoms with Gasteiger partial charge in [0.25, 0.3) is 0 Å². The molecule has 2 rings (SSSR count). The maximum Gasteiger partial charge on any atom is 0.124 e. The van der Waals surface area contributed by atoms with Crippen molar-refractivity contribution in [2.45, 2.75) is 65.0 Å². The molecule has 0 bridgehead atoms. The van der Waals surface area contributed by atoms with Crippen molar-refractivity contribution in [3.8, 4) is 5.75 Å². The van der Waals surface area contributed by atoms with Crippen molar-refractivity contribution < 1.29 is 4.74 Å². The molecule has 3 heteroatoms. The quantitative estimate of drug-likeness (QED) is 0.764. The highest BCUT2D eigenvalue weighted by Gasteiger charge is 2.22. The van der Waals surface area contributed by atoms with Gasteiger partial charge in [-0.3, -0.25) is 0 Å². The van der Waals surface area contributed by atoms with Crippen molar-refractivity contribution in [2.24, 2.45) is 5.92 Å². The maximum absolute atomic E-state index is 6.31. The second-order valence-corrected chi connectivity index (χ2v) is 6.81. The second-order valence-electron chi connectivity index (χ2n) is 6.37. The molecule has 0 heterocycles. The van der Waals surface area contributed by atoms with Crippen molar-refractivity contribution in [3.63, 3.8) is 0 Å². The molecule has 1 aromatic carbocycles. The Kier molecular flexibility index (Phi) is 6.38. The summed E-state index contributed by atoms with van der Waals surface area (Å²) in [7, 11) is 0. The minimum atomic E-state index is 0.264. The van der Waals surface area contributed by atoms with E-state index < -0.39 is 0 Å². The number of hydrogen-bond acceptors (Lipinski definition) is 2. The molecular weight excluding hydrogens is 282 g/mol. The molecule has 1 aliphatic rings. The average Bonchev–Trinajstić information content (AvgIpc) is 2.46. The summed E-state index contributed by atoms with van der Waals surface area (Å²) in [5, 5.41) is 4.30. The van der Waals surface area contributed by atoms with E-state index in [0.29, 0.717) is 6.10 Å². The molecule has 21 heavy (non-hydrogen) atoms. The van der Waals surface area contributed by atoms with Crippen LogP contribution in [-0.4, -0.2) is 12.6 Å². The first-order valence-electron chi connectivity index (χ1n) is 8.29. The van der Waals surface area contributed by atoms with Crippen molar-refractivity contribution in [1.82, 2.24) is 5.32 Å². The van der Waals surface area contributed by atoms with Crippen LogP contribution in [-0.2, 0) is 0 Å². The van der Waals surface area contributed by atoms with Crippen LogP contribution in [0.15, 0.2) is 18.2 Å². The highest BCUT2D eigenvalue weighted by Crippen LogP contribution is 2.33. The molecule has 0 amide bonds. The third-order valence-corrected chi connectivity index (χ3v) is 4.56.